The van der Waals surface area contributed by atoms with Crippen molar-refractivity contribution in [2.45, 2.75) is 64.0 Å². The summed E-state index contributed by atoms with van der Waals surface area (Å²) >= 11 is 0. The Morgan fingerprint density at radius 1 is 1.26 bits per heavy atom. The van der Waals surface area contributed by atoms with E-state index < -0.39 is 0 Å². The van der Waals surface area contributed by atoms with Gasteiger partial charge in [-0.2, -0.15) is 0 Å². The zero-order chi connectivity index (χ0) is 13.5. The lowest BCUT2D eigenvalue weighted by molar-refractivity contribution is 0.0937. The van der Waals surface area contributed by atoms with E-state index >= 15 is 0 Å². The predicted octanol–water partition coefficient (Wildman–Crippen LogP) is 2.62. The van der Waals surface area contributed by atoms with Gasteiger partial charge in [0, 0.05) is 17.8 Å². The van der Waals surface area contributed by atoms with Crippen LogP contribution in [0, 0.1) is 6.92 Å². The zero-order valence-corrected chi connectivity index (χ0v) is 12.0. The Balaban J connectivity index is 1.95. The maximum atomic E-state index is 5.92. The van der Waals surface area contributed by atoms with Gasteiger partial charge in [0.2, 0.25) is 0 Å². The summed E-state index contributed by atoms with van der Waals surface area (Å²) in [7, 11) is 0. The fraction of sp³-hybridized carbons (Fsp3) is 0.733. The van der Waals surface area contributed by atoms with E-state index in [0.29, 0.717) is 5.82 Å². The van der Waals surface area contributed by atoms with Crippen LogP contribution in [0.1, 0.15) is 57.0 Å². The number of hydrogen-bond acceptors (Lipinski definition) is 4. The Morgan fingerprint density at radius 2 is 2.00 bits per heavy atom. The molecule has 1 aromatic rings. The highest BCUT2D eigenvalue weighted by atomic mass is 15.3. The minimum Gasteiger partial charge on any atom is -0.384 e. The van der Waals surface area contributed by atoms with Gasteiger partial charge in [-0.1, -0.05) is 12.8 Å². The molecular formula is C15H24N4. The summed E-state index contributed by atoms with van der Waals surface area (Å²) in [6.45, 7) is 5.48. The van der Waals surface area contributed by atoms with Gasteiger partial charge in [0.05, 0.1) is 5.54 Å². The largest absolute Gasteiger partial charge is 0.384 e. The first-order chi connectivity index (χ1) is 9.09. The molecule has 0 amide bonds. The quantitative estimate of drug-likeness (QED) is 0.888. The molecule has 2 aliphatic rings. The molecule has 1 unspecified atom stereocenters. The molecule has 4 nitrogen and oxygen atoms in total. The molecule has 0 spiro atoms. The fourth-order valence-corrected chi connectivity index (χ4v) is 3.86. The lowest BCUT2D eigenvalue weighted by Gasteiger charge is -2.38. The topological polar surface area (TPSA) is 55.0 Å². The van der Waals surface area contributed by atoms with Gasteiger partial charge in [-0.15, -0.1) is 0 Å². The summed E-state index contributed by atoms with van der Waals surface area (Å²) < 4.78 is 0. The van der Waals surface area contributed by atoms with Crippen molar-refractivity contribution in [3.63, 3.8) is 0 Å². The molecule has 2 N–H and O–H groups in total. The van der Waals surface area contributed by atoms with Crippen LogP contribution in [0.25, 0.3) is 0 Å². The van der Waals surface area contributed by atoms with E-state index in [-0.39, 0.29) is 5.54 Å². The smallest absolute Gasteiger partial charge is 0.150 e. The second-order valence-corrected chi connectivity index (χ2v) is 6.27. The third-order valence-electron chi connectivity index (χ3n) is 4.82. The van der Waals surface area contributed by atoms with Gasteiger partial charge in [0.1, 0.15) is 5.82 Å². The zero-order valence-electron chi connectivity index (χ0n) is 12.0. The molecule has 0 radical (unpaired) electrons. The van der Waals surface area contributed by atoms with Gasteiger partial charge >= 0.3 is 0 Å². The third kappa shape index (κ3) is 2.22. The van der Waals surface area contributed by atoms with Crippen molar-refractivity contribution in [3.8, 4) is 0 Å². The van der Waals surface area contributed by atoms with E-state index in [9.17, 15) is 0 Å². The van der Waals surface area contributed by atoms with E-state index in [1.165, 1.54) is 38.6 Å². The van der Waals surface area contributed by atoms with Crippen molar-refractivity contribution in [1.29, 1.82) is 0 Å². The number of likely N-dealkylation sites (tertiary alicyclic amines) is 1. The van der Waals surface area contributed by atoms with Crippen molar-refractivity contribution in [2.75, 3.05) is 12.3 Å². The molecule has 104 valence electrons. The highest BCUT2D eigenvalue weighted by Crippen LogP contribution is 2.41. The summed E-state index contributed by atoms with van der Waals surface area (Å²) in [4.78, 5) is 11.9. The first kappa shape index (κ1) is 12.9. The number of aromatic nitrogens is 2. The number of hydrogen-bond donors (Lipinski definition) is 1. The van der Waals surface area contributed by atoms with Crippen molar-refractivity contribution >= 4 is 5.82 Å². The van der Waals surface area contributed by atoms with Gasteiger partial charge in [-0.3, -0.25) is 4.90 Å². The second kappa shape index (κ2) is 4.75. The Kier molecular flexibility index (Phi) is 3.21. The van der Waals surface area contributed by atoms with Crippen LogP contribution in [0.2, 0.25) is 0 Å². The molecule has 1 saturated heterocycles. The van der Waals surface area contributed by atoms with E-state index in [1.54, 1.807) is 0 Å². The Hall–Kier alpha value is -1.16. The van der Waals surface area contributed by atoms with E-state index in [0.717, 1.165) is 24.0 Å². The predicted molar refractivity (Wildman–Crippen MR) is 76.7 cm³/mol. The molecule has 19 heavy (non-hydrogen) atoms. The molecule has 2 heterocycles. The number of rotatable bonds is 2. The fourth-order valence-electron chi connectivity index (χ4n) is 3.86. The molecule has 0 bridgehead atoms. The van der Waals surface area contributed by atoms with Crippen LogP contribution in [0.3, 0.4) is 0 Å². The molecule has 1 aliphatic carbocycles. The minimum atomic E-state index is -0.0187. The monoisotopic (exact) mass is 260 g/mol. The first-order valence-corrected chi connectivity index (χ1v) is 7.48. The first-order valence-electron chi connectivity index (χ1n) is 7.48. The molecular weight excluding hydrogens is 236 g/mol. The summed E-state index contributed by atoms with van der Waals surface area (Å²) in [5, 5.41) is 0. The van der Waals surface area contributed by atoms with Gasteiger partial charge in [0.15, 0.2) is 5.82 Å². The molecule has 1 atom stereocenters. The average Bonchev–Trinajstić information content (AvgIpc) is 2.96. The number of nitrogens with zero attached hydrogens (tertiary/aromatic N) is 3. The SMILES string of the molecule is Cc1cc(N)nc(C2(C)CCCN2C2CCCC2)n1. The highest BCUT2D eigenvalue weighted by molar-refractivity contribution is 5.31. The number of aryl methyl sites for hydroxylation is 1. The molecule has 4 heteroatoms. The Morgan fingerprint density at radius 3 is 2.68 bits per heavy atom. The van der Waals surface area contributed by atoms with Crippen molar-refractivity contribution in [1.82, 2.24) is 14.9 Å². The van der Waals surface area contributed by atoms with Gasteiger partial charge in [0.25, 0.3) is 0 Å². The lowest BCUT2D eigenvalue weighted by Crippen LogP contribution is -2.45. The molecule has 1 aromatic heterocycles. The summed E-state index contributed by atoms with van der Waals surface area (Å²) in [5.74, 6) is 1.52. The minimum absolute atomic E-state index is 0.0187. The van der Waals surface area contributed by atoms with Crippen LogP contribution >= 0.6 is 0 Å². The highest BCUT2D eigenvalue weighted by Gasteiger charge is 2.44. The molecule has 1 saturated carbocycles. The summed E-state index contributed by atoms with van der Waals surface area (Å²) in [6, 6.07) is 2.57. The van der Waals surface area contributed by atoms with Crippen LogP contribution in [0.15, 0.2) is 6.07 Å². The molecule has 1 aliphatic heterocycles. The second-order valence-electron chi connectivity index (χ2n) is 6.27. The maximum absolute atomic E-state index is 5.92. The van der Waals surface area contributed by atoms with Gasteiger partial charge < -0.3 is 5.73 Å². The van der Waals surface area contributed by atoms with Gasteiger partial charge in [-0.05, 0) is 46.1 Å². The number of nitrogen functional groups attached to an aromatic ring is 1. The van der Waals surface area contributed by atoms with Gasteiger partial charge in [-0.25, -0.2) is 9.97 Å². The number of anilines is 1. The van der Waals surface area contributed by atoms with Crippen molar-refractivity contribution < 1.29 is 0 Å². The normalized spacial score (nSPS) is 29.2. The molecule has 0 aromatic carbocycles. The van der Waals surface area contributed by atoms with Crippen molar-refractivity contribution in [3.05, 3.63) is 17.6 Å². The van der Waals surface area contributed by atoms with E-state index in [4.69, 9.17) is 5.73 Å². The van der Waals surface area contributed by atoms with Crippen LogP contribution in [-0.4, -0.2) is 27.5 Å². The van der Waals surface area contributed by atoms with E-state index in [2.05, 4.69) is 21.8 Å². The Bertz CT molecular complexity index is 447. The molecule has 3 rings (SSSR count). The average molecular weight is 260 g/mol. The van der Waals surface area contributed by atoms with Crippen LogP contribution < -0.4 is 5.73 Å². The van der Waals surface area contributed by atoms with Crippen molar-refractivity contribution in [2.24, 2.45) is 0 Å². The van der Waals surface area contributed by atoms with Crippen LogP contribution in [-0.2, 0) is 5.54 Å². The summed E-state index contributed by atoms with van der Waals surface area (Å²) in [5.41, 5.74) is 6.87. The van der Waals surface area contributed by atoms with E-state index in [1.807, 2.05) is 13.0 Å². The van der Waals surface area contributed by atoms with Crippen LogP contribution in [0.4, 0.5) is 5.82 Å². The Labute approximate surface area is 115 Å². The maximum Gasteiger partial charge on any atom is 0.150 e. The third-order valence-corrected chi connectivity index (χ3v) is 4.82. The standard InChI is InChI=1S/C15H24N4/c1-11-10-13(16)18-14(17-11)15(2)8-5-9-19(15)12-6-3-4-7-12/h10,12H,3-9H2,1-2H3,(H2,16,17,18). The molecule has 2 fully saturated rings. The van der Waals surface area contributed by atoms with Crippen LogP contribution in [0.5, 0.6) is 0 Å². The summed E-state index contributed by atoms with van der Waals surface area (Å²) in [6.07, 6.45) is 7.78. The lowest BCUT2D eigenvalue weighted by atomic mass is 9.95. The number of nitrogens with two attached hydrogens (primary N) is 1.